The Morgan fingerprint density at radius 3 is 2.83 bits per heavy atom. The number of halogens is 2. The Balaban J connectivity index is 1.76. The minimum atomic E-state index is -1.07. The van der Waals surface area contributed by atoms with Gasteiger partial charge in [-0.2, -0.15) is 0 Å². The lowest BCUT2D eigenvalue weighted by Crippen LogP contribution is -2.01. The molecule has 148 valence electrons. The van der Waals surface area contributed by atoms with Crippen molar-refractivity contribution < 1.29 is 19.0 Å². The molecule has 0 saturated heterocycles. The van der Waals surface area contributed by atoms with Gasteiger partial charge in [-0.15, -0.1) is 0 Å². The number of aryl methyl sites for hydroxylation is 1. The number of nitrogens with zero attached hydrogens (tertiary/aromatic N) is 2. The second kappa shape index (κ2) is 9.16. The van der Waals surface area contributed by atoms with Gasteiger partial charge in [-0.05, 0) is 48.9 Å². The van der Waals surface area contributed by atoms with Gasteiger partial charge < -0.3 is 15.2 Å². The zero-order valence-corrected chi connectivity index (χ0v) is 16.2. The number of nitrogens with one attached hydrogen (secondary N) is 1. The van der Waals surface area contributed by atoms with Gasteiger partial charge in [0.05, 0.1) is 10.7 Å². The van der Waals surface area contributed by atoms with E-state index < -0.39 is 5.97 Å². The minimum absolute atomic E-state index is 0.180. The van der Waals surface area contributed by atoms with Crippen molar-refractivity contribution in [3.8, 4) is 5.75 Å². The molecule has 0 bridgehead atoms. The third kappa shape index (κ3) is 5.52. The Labute approximate surface area is 171 Å². The van der Waals surface area contributed by atoms with Gasteiger partial charge in [0.1, 0.15) is 30.3 Å². The number of anilines is 2. The van der Waals surface area contributed by atoms with Crippen molar-refractivity contribution in [2.45, 2.75) is 13.5 Å². The molecule has 0 unspecified atom stereocenters. The first-order valence-electron chi connectivity index (χ1n) is 8.59. The van der Waals surface area contributed by atoms with E-state index in [9.17, 15) is 9.18 Å². The highest BCUT2D eigenvalue weighted by atomic mass is 35.5. The van der Waals surface area contributed by atoms with Crippen molar-refractivity contribution in [3.63, 3.8) is 0 Å². The van der Waals surface area contributed by atoms with Crippen LogP contribution in [0.4, 0.5) is 15.9 Å². The van der Waals surface area contributed by atoms with Crippen LogP contribution < -0.4 is 10.1 Å². The molecule has 0 aliphatic heterocycles. The van der Waals surface area contributed by atoms with E-state index in [0.29, 0.717) is 39.1 Å². The van der Waals surface area contributed by atoms with E-state index in [1.165, 1.54) is 24.5 Å². The molecule has 0 radical (unpaired) electrons. The molecule has 0 spiro atoms. The predicted octanol–water partition coefficient (Wildman–Crippen LogP) is 5.00. The molecule has 2 N–H and O–H groups in total. The lowest BCUT2D eigenvalue weighted by Gasteiger charge is -2.13. The largest absolute Gasteiger partial charge is 0.487 e. The highest BCUT2D eigenvalue weighted by molar-refractivity contribution is 6.32. The zero-order chi connectivity index (χ0) is 20.8. The van der Waals surface area contributed by atoms with Crippen LogP contribution in [0.25, 0.3) is 6.08 Å². The van der Waals surface area contributed by atoms with Crippen LogP contribution in [0.3, 0.4) is 0 Å². The third-order valence-corrected chi connectivity index (χ3v) is 4.25. The molecule has 29 heavy (non-hydrogen) atoms. The number of ether oxygens (including phenoxy) is 1. The Morgan fingerprint density at radius 2 is 2.10 bits per heavy atom. The van der Waals surface area contributed by atoms with Crippen LogP contribution >= 0.6 is 11.6 Å². The number of carboxylic acid groups (broad SMARTS) is 1. The van der Waals surface area contributed by atoms with Gasteiger partial charge in [0, 0.05) is 17.3 Å². The summed E-state index contributed by atoms with van der Waals surface area (Å²) < 4.78 is 18.9. The van der Waals surface area contributed by atoms with Crippen LogP contribution in [0.2, 0.25) is 5.02 Å². The normalized spacial score (nSPS) is 10.9. The Morgan fingerprint density at radius 1 is 1.28 bits per heavy atom. The number of carboxylic acids is 1. The maximum atomic E-state index is 13.3. The maximum Gasteiger partial charge on any atom is 0.328 e. The molecule has 3 aromatic rings. The molecular formula is C21H17ClFN3O3. The fourth-order valence-corrected chi connectivity index (χ4v) is 2.79. The van der Waals surface area contributed by atoms with Crippen LogP contribution in [-0.4, -0.2) is 21.0 Å². The van der Waals surface area contributed by atoms with E-state index in [-0.39, 0.29) is 12.4 Å². The molecule has 0 aliphatic rings. The Hall–Kier alpha value is -3.45. The van der Waals surface area contributed by atoms with Gasteiger partial charge in [-0.3, -0.25) is 0 Å². The second-order valence-corrected chi connectivity index (χ2v) is 6.49. The van der Waals surface area contributed by atoms with Crippen molar-refractivity contribution in [1.29, 1.82) is 0 Å². The monoisotopic (exact) mass is 413 g/mol. The number of aromatic nitrogens is 2. The quantitative estimate of drug-likeness (QED) is 0.530. The number of hydrogen-bond donors (Lipinski definition) is 2. The van der Waals surface area contributed by atoms with E-state index in [2.05, 4.69) is 15.3 Å². The van der Waals surface area contributed by atoms with Gasteiger partial charge >= 0.3 is 5.97 Å². The van der Waals surface area contributed by atoms with Crippen LogP contribution in [0.5, 0.6) is 5.75 Å². The van der Waals surface area contributed by atoms with Crippen LogP contribution in [0.1, 0.15) is 16.8 Å². The second-order valence-electron chi connectivity index (χ2n) is 6.08. The Bertz CT molecular complexity index is 1070. The summed E-state index contributed by atoms with van der Waals surface area (Å²) in [6.45, 7) is 1.93. The summed E-state index contributed by atoms with van der Waals surface area (Å²) in [6.07, 6.45) is 3.83. The average molecular weight is 414 g/mol. The topological polar surface area (TPSA) is 84.3 Å². The molecule has 0 amide bonds. The lowest BCUT2D eigenvalue weighted by molar-refractivity contribution is -0.131. The van der Waals surface area contributed by atoms with Gasteiger partial charge in [0.2, 0.25) is 0 Å². The van der Waals surface area contributed by atoms with E-state index in [1.54, 1.807) is 37.3 Å². The lowest BCUT2D eigenvalue weighted by atomic mass is 10.2. The van der Waals surface area contributed by atoms with E-state index >= 15 is 0 Å². The van der Waals surface area contributed by atoms with Crippen molar-refractivity contribution >= 4 is 35.2 Å². The molecule has 0 fully saturated rings. The number of aliphatic carboxylic acids is 1. The molecule has 0 atom stereocenters. The van der Waals surface area contributed by atoms with Crippen molar-refractivity contribution in [1.82, 2.24) is 9.97 Å². The van der Waals surface area contributed by atoms with Gasteiger partial charge in [0.15, 0.2) is 0 Å². The van der Waals surface area contributed by atoms with Crippen LogP contribution in [0.15, 0.2) is 54.9 Å². The molecule has 8 heteroatoms. The molecule has 2 aromatic carbocycles. The highest BCUT2D eigenvalue weighted by Crippen LogP contribution is 2.30. The minimum Gasteiger partial charge on any atom is -0.487 e. The number of hydrogen-bond acceptors (Lipinski definition) is 5. The summed E-state index contributed by atoms with van der Waals surface area (Å²) in [5.74, 6) is -0.502. The molecular weight excluding hydrogens is 397 g/mol. The van der Waals surface area contributed by atoms with E-state index in [0.717, 1.165) is 6.08 Å². The molecule has 3 rings (SSSR count). The number of rotatable bonds is 7. The molecule has 1 aromatic heterocycles. The summed E-state index contributed by atoms with van der Waals surface area (Å²) >= 11 is 6.30. The SMILES string of the molecule is Cc1ncnc(Nc2ccc(OCc3cccc(F)c3)c(Cl)c2)c1/C=C/C(=O)O. The fourth-order valence-electron chi connectivity index (χ4n) is 2.56. The molecule has 0 aliphatic carbocycles. The summed E-state index contributed by atoms with van der Waals surface area (Å²) in [5, 5.41) is 12.3. The number of carbonyl (C=O) groups is 1. The van der Waals surface area contributed by atoms with Crippen molar-refractivity contribution in [3.05, 3.63) is 82.5 Å². The van der Waals surface area contributed by atoms with Crippen LogP contribution in [-0.2, 0) is 11.4 Å². The predicted molar refractivity (Wildman–Crippen MR) is 109 cm³/mol. The maximum absolute atomic E-state index is 13.3. The first-order chi connectivity index (χ1) is 13.9. The fraction of sp³-hybridized carbons (Fsp3) is 0.0952. The zero-order valence-electron chi connectivity index (χ0n) is 15.4. The molecule has 1 heterocycles. The molecule has 6 nitrogen and oxygen atoms in total. The smallest absolute Gasteiger partial charge is 0.328 e. The summed E-state index contributed by atoms with van der Waals surface area (Å²) in [6, 6.07) is 11.2. The van der Waals surface area contributed by atoms with Gasteiger partial charge in [-0.25, -0.2) is 19.2 Å². The van der Waals surface area contributed by atoms with Crippen LogP contribution in [0, 0.1) is 12.7 Å². The standard InChI is InChI=1S/C21H17ClFN3O3/c1-13-17(6-8-20(27)28)21(25-12-24-13)26-16-5-7-19(18(22)10-16)29-11-14-3-2-4-15(23)9-14/h2-10,12H,11H2,1H3,(H,27,28)(H,24,25,26)/b8-6+. The summed E-state index contributed by atoms with van der Waals surface area (Å²) in [4.78, 5) is 19.1. The number of benzene rings is 2. The van der Waals surface area contributed by atoms with Gasteiger partial charge in [-0.1, -0.05) is 23.7 Å². The molecule has 0 saturated carbocycles. The van der Waals surface area contributed by atoms with Crippen molar-refractivity contribution in [2.75, 3.05) is 5.32 Å². The van der Waals surface area contributed by atoms with Gasteiger partial charge in [0.25, 0.3) is 0 Å². The summed E-state index contributed by atoms with van der Waals surface area (Å²) in [7, 11) is 0. The Kier molecular flexibility index (Phi) is 6.41. The average Bonchev–Trinajstić information content (AvgIpc) is 2.67. The van der Waals surface area contributed by atoms with E-state index in [1.807, 2.05) is 0 Å². The third-order valence-electron chi connectivity index (χ3n) is 3.95. The first kappa shape index (κ1) is 20.3. The summed E-state index contributed by atoms with van der Waals surface area (Å²) in [5.41, 5.74) is 2.50. The van der Waals surface area contributed by atoms with Crippen molar-refractivity contribution in [2.24, 2.45) is 0 Å². The van der Waals surface area contributed by atoms with E-state index in [4.69, 9.17) is 21.4 Å². The first-order valence-corrected chi connectivity index (χ1v) is 8.96. The highest BCUT2D eigenvalue weighted by Gasteiger charge is 2.09.